The minimum atomic E-state index is -0.133. The Labute approximate surface area is 161 Å². The van der Waals surface area contributed by atoms with Crippen molar-refractivity contribution in [1.29, 1.82) is 0 Å². The highest BCUT2D eigenvalue weighted by Crippen LogP contribution is 2.32. The second kappa shape index (κ2) is 8.48. The summed E-state index contributed by atoms with van der Waals surface area (Å²) in [6.07, 6.45) is 6.84. The second-order valence-corrected chi connectivity index (χ2v) is 7.89. The van der Waals surface area contributed by atoms with E-state index in [2.05, 4.69) is 15.1 Å². The molecular formula is C21H31N3O3. The van der Waals surface area contributed by atoms with Crippen LogP contribution in [-0.4, -0.2) is 67.2 Å². The van der Waals surface area contributed by atoms with Gasteiger partial charge in [-0.1, -0.05) is 19.3 Å². The van der Waals surface area contributed by atoms with Crippen LogP contribution < -0.4 is 14.8 Å². The fourth-order valence-corrected chi connectivity index (χ4v) is 4.47. The maximum Gasteiger partial charge on any atom is 0.241 e. The van der Waals surface area contributed by atoms with Gasteiger partial charge in [-0.05, 0) is 31.9 Å². The number of hydrogen-bond donors (Lipinski definition) is 1. The third-order valence-corrected chi connectivity index (χ3v) is 6.18. The van der Waals surface area contributed by atoms with Crippen LogP contribution in [0.5, 0.6) is 11.5 Å². The van der Waals surface area contributed by atoms with Crippen LogP contribution in [0.2, 0.25) is 0 Å². The zero-order valence-electron chi connectivity index (χ0n) is 16.3. The minimum Gasteiger partial charge on any atom is -0.486 e. The van der Waals surface area contributed by atoms with Crippen molar-refractivity contribution >= 4 is 11.6 Å². The zero-order chi connectivity index (χ0) is 18.6. The van der Waals surface area contributed by atoms with E-state index >= 15 is 0 Å². The largest absolute Gasteiger partial charge is 0.486 e. The number of carbonyl (C=O) groups excluding carboxylic acids is 1. The highest BCUT2D eigenvalue weighted by molar-refractivity contribution is 5.94. The van der Waals surface area contributed by atoms with Crippen LogP contribution in [0.3, 0.4) is 0 Å². The Bertz CT molecular complexity index is 652. The predicted octanol–water partition coefficient (Wildman–Crippen LogP) is 2.74. The summed E-state index contributed by atoms with van der Waals surface area (Å²) in [6, 6.07) is 6.21. The molecule has 1 aromatic rings. The topological polar surface area (TPSA) is 54.0 Å². The standard InChI is InChI=1S/C21H31N3O3/c1-16(23-9-11-24(12-10-23)18-5-3-2-4-6-18)21(25)22-17-7-8-19-20(15-17)27-14-13-26-19/h7-8,15-16,18H,2-6,9-14H2,1H3,(H,22,25). The van der Waals surface area contributed by atoms with Crippen molar-refractivity contribution in [1.82, 2.24) is 9.80 Å². The Hall–Kier alpha value is -1.79. The molecule has 6 heteroatoms. The summed E-state index contributed by atoms with van der Waals surface area (Å²) in [5.74, 6) is 1.48. The Balaban J connectivity index is 1.29. The van der Waals surface area contributed by atoms with Gasteiger partial charge < -0.3 is 14.8 Å². The fraction of sp³-hybridized carbons (Fsp3) is 0.667. The second-order valence-electron chi connectivity index (χ2n) is 7.89. The number of fused-ring (bicyclic) bond motifs is 1. The van der Waals surface area contributed by atoms with Gasteiger partial charge in [0.1, 0.15) is 13.2 Å². The smallest absolute Gasteiger partial charge is 0.241 e. The molecule has 1 aromatic carbocycles. The van der Waals surface area contributed by atoms with E-state index in [4.69, 9.17) is 9.47 Å². The molecule has 6 nitrogen and oxygen atoms in total. The number of hydrogen-bond acceptors (Lipinski definition) is 5. The molecule has 4 rings (SSSR count). The van der Waals surface area contributed by atoms with Gasteiger partial charge in [-0.2, -0.15) is 0 Å². The monoisotopic (exact) mass is 373 g/mol. The molecule has 1 atom stereocenters. The van der Waals surface area contributed by atoms with Crippen molar-refractivity contribution in [2.24, 2.45) is 0 Å². The summed E-state index contributed by atoms with van der Waals surface area (Å²) in [5, 5.41) is 3.03. The van der Waals surface area contributed by atoms with E-state index in [1.807, 2.05) is 25.1 Å². The Kier molecular flexibility index (Phi) is 5.83. The molecule has 148 valence electrons. The average Bonchev–Trinajstić information content (AvgIpc) is 2.74. The lowest BCUT2D eigenvalue weighted by atomic mass is 9.94. The summed E-state index contributed by atoms with van der Waals surface area (Å²) in [4.78, 5) is 17.7. The van der Waals surface area contributed by atoms with Crippen molar-refractivity contribution < 1.29 is 14.3 Å². The lowest BCUT2D eigenvalue weighted by Gasteiger charge is -2.42. The van der Waals surface area contributed by atoms with Gasteiger partial charge in [0.25, 0.3) is 0 Å². The van der Waals surface area contributed by atoms with E-state index in [1.165, 1.54) is 32.1 Å². The fourth-order valence-electron chi connectivity index (χ4n) is 4.47. The normalized spacial score (nSPS) is 23.0. The van der Waals surface area contributed by atoms with Crippen molar-refractivity contribution in [2.45, 2.75) is 51.1 Å². The van der Waals surface area contributed by atoms with Gasteiger partial charge in [-0.3, -0.25) is 14.6 Å². The van der Waals surface area contributed by atoms with Crippen LogP contribution >= 0.6 is 0 Å². The molecule has 1 saturated carbocycles. The average molecular weight is 373 g/mol. The van der Waals surface area contributed by atoms with Gasteiger partial charge in [-0.15, -0.1) is 0 Å². The van der Waals surface area contributed by atoms with Crippen LogP contribution in [0.25, 0.3) is 0 Å². The quantitative estimate of drug-likeness (QED) is 0.880. The molecule has 2 heterocycles. The lowest BCUT2D eigenvalue weighted by Crippen LogP contribution is -2.55. The maximum absolute atomic E-state index is 12.7. The number of rotatable bonds is 4. The molecule has 27 heavy (non-hydrogen) atoms. The van der Waals surface area contributed by atoms with E-state index in [9.17, 15) is 4.79 Å². The summed E-state index contributed by atoms with van der Waals surface area (Å²) in [7, 11) is 0. The first-order chi connectivity index (χ1) is 13.2. The summed E-state index contributed by atoms with van der Waals surface area (Å²) in [5.41, 5.74) is 0.761. The number of piperazine rings is 1. The Morgan fingerprint density at radius 1 is 1.04 bits per heavy atom. The zero-order valence-corrected chi connectivity index (χ0v) is 16.3. The van der Waals surface area contributed by atoms with E-state index in [0.29, 0.717) is 19.0 Å². The number of ether oxygens (including phenoxy) is 2. The molecule has 0 bridgehead atoms. The first-order valence-corrected chi connectivity index (χ1v) is 10.4. The highest BCUT2D eigenvalue weighted by atomic mass is 16.6. The van der Waals surface area contributed by atoms with Crippen LogP contribution in [0, 0.1) is 0 Å². The van der Waals surface area contributed by atoms with Crippen LogP contribution in [0.15, 0.2) is 18.2 Å². The molecule has 0 spiro atoms. The highest BCUT2D eigenvalue weighted by Gasteiger charge is 2.29. The van der Waals surface area contributed by atoms with Crippen LogP contribution in [0.1, 0.15) is 39.0 Å². The van der Waals surface area contributed by atoms with E-state index in [0.717, 1.165) is 43.7 Å². The van der Waals surface area contributed by atoms with E-state index in [1.54, 1.807) is 0 Å². The minimum absolute atomic E-state index is 0.0396. The van der Waals surface area contributed by atoms with Crippen LogP contribution in [-0.2, 0) is 4.79 Å². The summed E-state index contributed by atoms with van der Waals surface area (Å²) in [6.45, 7) is 7.20. The number of amides is 1. The van der Waals surface area contributed by atoms with Gasteiger partial charge in [0, 0.05) is 44.0 Å². The van der Waals surface area contributed by atoms with Gasteiger partial charge in [0.2, 0.25) is 5.91 Å². The van der Waals surface area contributed by atoms with Crippen LogP contribution in [0.4, 0.5) is 5.69 Å². The van der Waals surface area contributed by atoms with Crippen molar-refractivity contribution in [3.05, 3.63) is 18.2 Å². The first-order valence-electron chi connectivity index (χ1n) is 10.4. The molecule has 1 aliphatic carbocycles. The first kappa shape index (κ1) is 18.6. The van der Waals surface area contributed by atoms with Gasteiger partial charge in [0.15, 0.2) is 11.5 Å². The lowest BCUT2D eigenvalue weighted by molar-refractivity contribution is -0.121. The molecular weight excluding hydrogens is 342 g/mol. The Morgan fingerprint density at radius 3 is 2.48 bits per heavy atom. The molecule has 1 N–H and O–H groups in total. The molecule has 2 aliphatic heterocycles. The number of nitrogens with one attached hydrogen (secondary N) is 1. The third-order valence-electron chi connectivity index (χ3n) is 6.18. The molecule has 0 radical (unpaired) electrons. The SMILES string of the molecule is CC(C(=O)Nc1ccc2c(c1)OCCO2)N1CCN(C2CCCCC2)CC1. The summed E-state index contributed by atoms with van der Waals surface area (Å²) >= 11 is 0. The van der Waals surface area contributed by atoms with Gasteiger partial charge in [-0.25, -0.2) is 0 Å². The van der Waals surface area contributed by atoms with Crippen molar-refractivity contribution in [2.75, 3.05) is 44.7 Å². The predicted molar refractivity (Wildman–Crippen MR) is 106 cm³/mol. The number of nitrogens with zero attached hydrogens (tertiary/aromatic N) is 2. The number of carbonyl (C=O) groups is 1. The number of anilines is 1. The van der Waals surface area contributed by atoms with Crippen molar-refractivity contribution in [3.8, 4) is 11.5 Å². The maximum atomic E-state index is 12.7. The van der Waals surface area contributed by atoms with Crippen molar-refractivity contribution in [3.63, 3.8) is 0 Å². The van der Waals surface area contributed by atoms with Gasteiger partial charge >= 0.3 is 0 Å². The molecule has 0 aromatic heterocycles. The Morgan fingerprint density at radius 2 is 1.74 bits per heavy atom. The summed E-state index contributed by atoms with van der Waals surface area (Å²) < 4.78 is 11.1. The van der Waals surface area contributed by atoms with Gasteiger partial charge in [0.05, 0.1) is 6.04 Å². The van der Waals surface area contributed by atoms with E-state index < -0.39 is 0 Å². The van der Waals surface area contributed by atoms with E-state index in [-0.39, 0.29) is 11.9 Å². The number of benzene rings is 1. The molecule has 2 fully saturated rings. The molecule has 3 aliphatic rings. The molecule has 1 unspecified atom stereocenters. The third kappa shape index (κ3) is 4.38. The molecule has 1 saturated heterocycles. The molecule has 1 amide bonds.